The minimum Gasteiger partial charge on any atom is -0.458 e. The Morgan fingerprint density at radius 1 is 0.486 bits per heavy atom. The van der Waals surface area contributed by atoms with Gasteiger partial charge in [-0.25, -0.2) is 4.98 Å². The summed E-state index contributed by atoms with van der Waals surface area (Å²) in [5.74, 6) is 2.38. The summed E-state index contributed by atoms with van der Waals surface area (Å²) in [5, 5.41) is 2.33. The molecule has 10 aromatic rings. The Hall–Kier alpha value is -7.24. The van der Waals surface area contributed by atoms with E-state index in [1.165, 1.54) is 66.6 Å². The van der Waals surface area contributed by atoms with E-state index in [4.69, 9.17) is 9.72 Å². The highest BCUT2D eigenvalue weighted by molar-refractivity contribution is 6.09. The van der Waals surface area contributed by atoms with Crippen LogP contribution in [0.25, 0.3) is 61.2 Å². The summed E-state index contributed by atoms with van der Waals surface area (Å²) in [4.78, 5) is 4.82. The van der Waals surface area contributed by atoms with Crippen LogP contribution >= 0.6 is 0 Å². The van der Waals surface area contributed by atoms with Gasteiger partial charge in [-0.2, -0.15) is 0 Å². The van der Waals surface area contributed by atoms with Crippen LogP contribution in [0.2, 0.25) is 0 Å². The molecule has 0 N–H and O–H groups in total. The molecule has 74 heavy (non-hydrogen) atoms. The maximum atomic E-state index is 7.14. The zero-order valence-electron chi connectivity index (χ0n) is 46.1. The van der Waals surface area contributed by atoms with E-state index in [2.05, 4.69) is 257 Å². The van der Waals surface area contributed by atoms with Crippen molar-refractivity contribution >= 4 is 32.8 Å². The molecule has 1 aliphatic carbocycles. The second-order valence-electron chi connectivity index (χ2n) is 26.4. The molecule has 3 aromatic heterocycles. The fourth-order valence-corrected chi connectivity index (χ4v) is 12.3. The number of ether oxygens (including phenoxy) is 1. The third-order valence-corrected chi connectivity index (χ3v) is 16.1. The highest BCUT2D eigenvalue weighted by Gasteiger charge is 2.55. The Morgan fingerprint density at radius 2 is 1.07 bits per heavy atom. The van der Waals surface area contributed by atoms with E-state index in [0.717, 1.165) is 56.1 Å². The van der Waals surface area contributed by atoms with Gasteiger partial charge in [0.15, 0.2) is 0 Å². The van der Waals surface area contributed by atoms with Gasteiger partial charge in [-0.05, 0) is 143 Å². The molecule has 0 fully saturated rings. The highest BCUT2D eigenvalue weighted by Crippen LogP contribution is 2.65. The molecule has 1 spiro atoms. The normalized spacial score (nSPS) is 14.3. The molecule has 2 aliphatic rings. The van der Waals surface area contributed by atoms with Crippen molar-refractivity contribution in [2.75, 3.05) is 0 Å². The van der Waals surface area contributed by atoms with Gasteiger partial charge in [0.1, 0.15) is 17.3 Å². The lowest BCUT2D eigenvalue weighted by molar-refractivity contribution is -0.572. The molecule has 0 bridgehead atoms. The van der Waals surface area contributed by atoms with Crippen LogP contribution in [-0.4, -0.2) is 14.1 Å². The first kappa shape index (κ1) is 47.7. The topological polar surface area (TPSA) is 35.9 Å². The van der Waals surface area contributed by atoms with E-state index < -0.39 is 5.41 Å². The molecule has 12 rings (SSSR count). The van der Waals surface area contributed by atoms with Crippen LogP contribution in [0.1, 0.15) is 154 Å². The van der Waals surface area contributed by atoms with E-state index in [1.807, 2.05) is 18.3 Å². The van der Waals surface area contributed by atoms with Crippen molar-refractivity contribution in [3.8, 4) is 39.8 Å². The van der Waals surface area contributed by atoms with Gasteiger partial charge in [-0.3, -0.25) is 13.7 Å². The number of aromatic nitrogens is 4. The van der Waals surface area contributed by atoms with Crippen LogP contribution in [0.5, 0.6) is 11.5 Å². The molecule has 0 saturated heterocycles. The molecule has 372 valence electrons. The minimum atomic E-state index is -0.714. The number of rotatable bonds is 4. The van der Waals surface area contributed by atoms with Crippen LogP contribution in [0.15, 0.2) is 152 Å². The zero-order valence-corrected chi connectivity index (χ0v) is 46.1. The van der Waals surface area contributed by atoms with Crippen molar-refractivity contribution in [1.82, 2.24) is 14.1 Å². The predicted octanol–water partition coefficient (Wildman–Crippen LogP) is 17.2. The van der Waals surface area contributed by atoms with Crippen LogP contribution < -0.4 is 9.30 Å². The molecule has 0 radical (unpaired) electrons. The third kappa shape index (κ3) is 7.16. The molecule has 0 saturated carbocycles. The van der Waals surface area contributed by atoms with Crippen molar-refractivity contribution in [3.63, 3.8) is 0 Å². The first-order chi connectivity index (χ1) is 34.8. The van der Waals surface area contributed by atoms with Gasteiger partial charge in [-0.1, -0.05) is 189 Å². The Labute approximate surface area is 438 Å². The summed E-state index contributed by atoms with van der Waals surface area (Å²) in [6, 6.07) is 54.3. The van der Waals surface area contributed by atoms with Crippen molar-refractivity contribution in [2.45, 2.75) is 136 Å². The van der Waals surface area contributed by atoms with E-state index in [9.17, 15) is 0 Å². The zero-order chi connectivity index (χ0) is 52.2. The Bertz CT molecular complexity index is 3840. The average molecular weight is 971 g/mol. The lowest BCUT2D eigenvalue weighted by atomic mass is 9.60. The van der Waals surface area contributed by atoms with Gasteiger partial charge in [0, 0.05) is 23.0 Å². The van der Waals surface area contributed by atoms with Gasteiger partial charge in [0.2, 0.25) is 0 Å². The van der Waals surface area contributed by atoms with Crippen molar-refractivity contribution in [3.05, 3.63) is 208 Å². The summed E-state index contributed by atoms with van der Waals surface area (Å²) in [6.07, 6.45) is 5.85. The van der Waals surface area contributed by atoms with Crippen molar-refractivity contribution < 1.29 is 9.30 Å². The van der Waals surface area contributed by atoms with Gasteiger partial charge in [0.05, 0.1) is 38.9 Å². The summed E-state index contributed by atoms with van der Waals surface area (Å²) in [7, 11) is 0. The lowest BCUT2D eigenvalue weighted by Gasteiger charge is -2.44. The van der Waals surface area contributed by atoms with Gasteiger partial charge >= 0.3 is 0 Å². The molecule has 5 nitrogen and oxygen atoms in total. The quantitative estimate of drug-likeness (QED) is 0.130. The fraction of sp³-hybridized carbons (Fsp3) is 0.304. The molecule has 5 heteroatoms. The van der Waals surface area contributed by atoms with E-state index >= 15 is 0 Å². The number of hydrogen-bond acceptors (Lipinski definition) is 2. The molecular weight excluding hydrogens is 901 g/mol. The number of pyridine rings is 1. The molecule has 7 aromatic carbocycles. The average Bonchev–Trinajstić information content (AvgIpc) is 3.99. The fourth-order valence-electron chi connectivity index (χ4n) is 12.3. The van der Waals surface area contributed by atoms with E-state index in [-0.39, 0.29) is 27.1 Å². The van der Waals surface area contributed by atoms with E-state index in [0.29, 0.717) is 0 Å². The van der Waals surface area contributed by atoms with Crippen molar-refractivity contribution in [1.29, 1.82) is 0 Å². The number of imidazole rings is 1. The van der Waals surface area contributed by atoms with Gasteiger partial charge < -0.3 is 4.74 Å². The molecule has 1 aliphatic heterocycles. The molecule has 0 amide bonds. The molecule has 4 heterocycles. The minimum absolute atomic E-state index is 0.0245. The SMILES string of the molecule is CC(C)(C)c1ccc(-[n+]2[c-]n3c4c(cccc42)C2(c4ccc(Oc5ccc6c7ccccc7n(-c7ccccn7)c6c5)cc4-3)c3c(cc(C(C)(C)C)cc3C(C)(C)C)-c3cc(C(C)(C)C)cc(C(C)(C)C)c32)cc1. The van der Waals surface area contributed by atoms with Gasteiger partial charge in [-0.15, -0.1) is 0 Å². The van der Waals surface area contributed by atoms with Crippen LogP contribution in [0.3, 0.4) is 0 Å². The molecular formula is C69H70N4O. The number of para-hydroxylation sites is 2. The van der Waals surface area contributed by atoms with E-state index in [1.54, 1.807) is 0 Å². The van der Waals surface area contributed by atoms with Crippen molar-refractivity contribution in [2.24, 2.45) is 0 Å². The first-order valence-electron chi connectivity index (χ1n) is 26.6. The van der Waals surface area contributed by atoms with Crippen LogP contribution in [0, 0.1) is 6.33 Å². The number of nitrogens with zero attached hydrogens (tertiary/aromatic N) is 4. The maximum absolute atomic E-state index is 7.14. The monoisotopic (exact) mass is 971 g/mol. The predicted molar refractivity (Wildman–Crippen MR) is 307 cm³/mol. The van der Waals surface area contributed by atoms with Crippen LogP contribution in [-0.2, 0) is 32.5 Å². The summed E-state index contributed by atoms with van der Waals surface area (Å²) in [5.41, 5.74) is 20.0. The number of fused-ring (bicyclic) bond motifs is 12. The smallest absolute Gasteiger partial charge is 0.269 e. The maximum Gasteiger partial charge on any atom is 0.269 e. The molecule has 0 unspecified atom stereocenters. The highest BCUT2D eigenvalue weighted by atomic mass is 16.5. The second-order valence-corrected chi connectivity index (χ2v) is 26.4. The molecule has 0 atom stereocenters. The summed E-state index contributed by atoms with van der Waals surface area (Å²) >= 11 is 0. The van der Waals surface area contributed by atoms with Crippen LogP contribution in [0.4, 0.5) is 0 Å². The standard InChI is InChI=1S/C69H70N4O/c1-64(2,3)42-26-28-45(29-27-42)71-41-72-59-40-47(74-46-30-32-49-48-21-16-17-23-56(48)73(58(49)39-46)60-25-18-19-34-70-60)31-33-52(59)69(53-22-20-24-57(71)63(53)72)61-50(35-43(65(4,5)6)37-54(61)67(10,11)12)51-36-44(66(7,8)9)38-55(62(51)69)68(13,14)15/h16-40H,1-15H3. The summed E-state index contributed by atoms with van der Waals surface area (Å²) < 4.78 is 14.0. The lowest BCUT2D eigenvalue weighted by Crippen LogP contribution is -2.38. The second kappa shape index (κ2) is 15.9. The third-order valence-electron chi connectivity index (χ3n) is 16.1. The first-order valence-corrected chi connectivity index (χ1v) is 26.6. The summed E-state index contributed by atoms with van der Waals surface area (Å²) in [6.45, 7) is 35.5. The Kier molecular flexibility index (Phi) is 10.2. The van der Waals surface area contributed by atoms with Gasteiger partial charge in [0.25, 0.3) is 6.33 Å². The Balaban J connectivity index is 1.19. The largest absolute Gasteiger partial charge is 0.458 e. The number of hydrogen-bond donors (Lipinski definition) is 0. The Morgan fingerprint density at radius 3 is 1.66 bits per heavy atom. The number of benzene rings is 7.